The van der Waals surface area contributed by atoms with Crippen LogP contribution in [0.2, 0.25) is 0 Å². The minimum Gasteiger partial charge on any atom is -0.493 e. The van der Waals surface area contributed by atoms with Crippen molar-refractivity contribution >= 4 is 0 Å². The second kappa shape index (κ2) is 9.11. The lowest BCUT2D eigenvalue weighted by Gasteiger charge is -2.29. The van der Waals surface area contributed by atoms with Crippen molar-refractivity contribution in [3.05, 3.63) is 53.1 Å². The number of likely N-dealkylation sites (N-methyl/N-ethyl adjacent to an activating group) is 1. The van der Waals surface area contributed by atoms with Gasteiger partial charge in [-0.2, -0.15) is 0 Å². The van der Waals surface area contributed by atoms with Crippen molar-refractivity contribution in [1.29, 1.82) is 0 Å². The van der Waals surface area contributed by atoms with Crippen LogP contribution in [0.4, 0.5) is 0 Å². The summed E-state index contributed by atoms with van der Waals surface area (Å²) in [5.41, 5.74) is 3.72. The predicted octanol–water partition coefficient (Wildman–Crippen LogP) is 3.27. The molecule has 1 unspecified atom stereocenters. The third-order valence-electron chi connectivity index (χ3n) is 4.82. The smallest absolute Gasteiger partial charge is 0.164 e. The van der Waals surface area contributed by atoms with Gasteiger partial charge < -0.3 is 24.4 Å². The maximum atomic E-state index is 5.92. The summed E-state index contributed by atoms with van der Waals surface area (Å²) in [5.74, 6) is 2.59. The normalized spacial score (nSPS) is 16.1. The first-order valence-corrected chi connectivity index (χ1v) is 9.57. The molecule has 0 bridgehead atoms. The molecule has 0 spiro atoms. The Morgan fingerprint density at radius 1 is 1.07 bits per heavy atom. The van der Waals surface area contributed by atoms with Crippen molar-refractivity contribution in [3.8, 4) is 17.2 Å². The first-order valence-electron chi connectivity index (χ1n) is 9.57. The number of fused-ring (bicyclic) bond motifs is 1. The average Bonchev–Trinajstić information content (AvgIpc) is 2.68. The number of nitrogens with one attached hydrogen (secondary N) is 1. The molecule has 3 rings (SSSR count). The van der Waals surface area contributed by atoms with Gasteiger partial charge in [0.15, 0.2) is 11.5 Å². The lowest BCUT2D eigenvalue weighted by Crippen LogP contribution is -2.31. The summed E-state index contributed by atoms with van der Waals surface area (Å²) < 4.78 is 17.2. The van der Waals surface area contributed by atoms with Crippen molar-refractivity contribution in [1.82, 2.24) is 10.2 Å². The SMILES string of the molecule is CCOc1c(OC)ccc2c1CCNC2c1ccc(OCCN(C)C)cc1. The molecular formula is C22H30N2O3. The summed E-state index contributed by atoms with van der Waals surface area (Å²) in [4.78, 5) is 2.11. The zero-order chi connectivity index (χ0) is 19.2. The number of hydrogen-bond donors (Lipinski definition) is 1. The molecule has 1 N–H and O–H groups in total. The van der Waals surface area contributed by atoms with Crippen LogP contribution in [-0.4, -0.2) is 52.4 Å². The highest BCUT2D eigenvalue weighted by Crippen LogP contribution is 2.40. The van der Waals surface area contributed by atoms with E-state index >= 15 is 0 Å². The molecule has 2 aromatic rings. The maximum absolute atomic E-state index is 5.92. The number of rotatable bonds is 8. The molecule has 2 aromatic carbocycles. The molecule has 5 nitrogen and oxygen atoms in total. The second-order valence-corrected chi connectivity index (χ2v) is 6.96. The third-order valence-corrected chi connectivity index (χ3v) is 4.82. The first-order chi connectivity index (χ1) is 13.1. The maximum Gasteiger partial charge on any atom is 0.164 e. The lowest BCUT2D eigenvalue weighted by atomic mass is 9.89. The Labute approximate surface area is 162 Å². The van der Waals surface area contributed by atoms with E-state index in [0.29, 0.717) is 13.2 Å². The van der Waals surface area contributed by atoms with Crippen LogP contribution in [0.25, 0.3) is 0 Å². The van der Waals surface area contributed by atoms with Gasteiger partial charge in [0.2, 0.25) is 0 Å². The van der Waals surface area contributed by atoms with Gasteiger partial charge in [-0.05, 0) is 56.8 Å². The summed E-state index contributed by atoms with van der Waals surface area (Å²) in [6.45, 7) is 5.14. The van der Waals surface area contributed by atoms with Crippen molar-refractivity contribution in [2.24, 2.45) is 0 Å². The highest BCUT2D eigenvalue weighted by atomic mass is 16.5. The summed E-state index contributed by atoms with van der Waals surface area (Å²) in [5, 5.41) is 3.63. The number of ether oxygens (including phenoxy) is 3. The second-order valence-electron chi connectivity index (χ2n) is 6.96. The summed E-state index contributed by atoms with van der Waals surface area (Å²) in [6, 6.07) is 12.7. The molecule has 0 aliphatic carbocycles. The van der Waals surface area contributed by atoms with E-state index in [-0.39, 0.29) is 6.04 Å². The van der Waals surface area contributed by atoms with Crippen molar-refractivity contribution < 1.29 is 14.2 Å². The highest BCUT2D eigenvalue weighted by molar-refractivity contribution is 5.54. The molecule has 0 fully saturated rings. The lowest BCUT2D eigenvalue weighted by molar-refractivity contribution is 0.261. The molecule has 146 valence electrons. The van der Waals surface area contributed by atoms with E-state index in [4.69, 9.17) is 14.2 Å². The molecule has 0 amide bonds. The molecule has 0 saturated carbocycles. The van der Waals surface area contributed by atoms with E-state index in [1.54, 1.807) is 7.11 Å². The molecule has 0 saturated heterocycles. The molecule has 1 heterocycles. The van der Waals surface area contributed by atoms with Crippen LogP contribution < -0.4 is 19.5 Å². The highest BCUT2D eigenvalue weighted by Gasteiger charge is 2.26. The number of benzene rings is 2. The fourth-order valence-electron chi connectivity index (χ4n) is 3.46. The van der Waals surface area contributed by atoms with Gasteiger partial charge in [0, 0.05) is 18.7 Å². The van der Waals surface area contributed by atoms with Crippen LogP contribution in [-0.2, 0) is 6.42 Å². The fourth-order valence-corrected chi connectivity index (χ4v) is 3.46. The molecule has 0 radical (unpaired) electrons. The van der Waals surface area contributed by atoms with Gasteiger partial charge in [0.1, 0.15) is 12.4 Å². The minimum atomic E-state index is 0.148. The molecule has 5 heteroatoms. The van der Waals surface area contributed by atoms with Crippen LogP contribution in [0.15, 0.2) is 36.4 Å². The van der Waals surface area contributed by atoms with Gasteiger partial charge in [-0.25, -0.2) is 0 Å². The number of hydrogen-bond acceptors (Lipinski definition) is 5. The Balaban J connectivity index is 1.82. The molecular weight excluding hydrogens is 340 g/mol. The Morgan fingerprint density at radius 2 is 1.85 bits per heavy atom. The molecule has 1 aliphatic heterocycles. The van der Waals surface area contributed by atoms with Crippen LogP contribution in [0.5, 0.6) is 17.2 Å². The van der Waals surface area contributed by atoms with Crippen molar-refractivity contribution in [2.45, 2.75) is 19.4 Å². The standard InChI is InChI=1S/C22H30N2O3/c1-5-26-22-19-12-13-23-21(18(19)10-11-20(22)25-4)16-6-8-17(9-7-16)27-15-14-24(2)3/h6-11,21,23H,5,12-15H2,1-4H3. The van der Waals surface area contributed by atoms with E-state index < -0.39 is 0 Å². The van der Waals surface area contributed by atoms with Gasteiger partial charge in [-0.1, -0.05) is 18.2 Å². The summed E-state index contributed by atoms with van der Waals surface area (Å²) in [7, 11) is 5.78. The molecule has 1 atom stereocenters. The van der Waals surface area contributed by atoms with Gasteiger partial charge in [-0.3, -0.25) is 0 Å². The largest absolute Gasteiger partial charge is 0.493 e. The van der Waals surface area contributed by atoms with E-state index in [1.165, 1.54) is 16.7 Å². The monoisotopic (exact) mass is 370 g/mol. The molecule has 27 heavy (non-hydrogen) atoms. The van der Waals surface area contributed by atoms with Crippen LogP contribution in [0, 0.1) is 0 Å². The van der Waals surface area contributed by atoms with Crippen LogP contribution >= 0.6 is 0 Å². The zero-order valence-electron chi connectivity index (χ0n) is 16.7. The van der Waals surface area contributed by atoms with E-state index in [1.807, 2.05) is 39.2 Å². The number of nitrogens with zero attached hydrogens (tertiary/aromatic N) is 1. The Hall–Kier alpha value is -2.24. The van der Waals surface area contributed by atoms with Gasteiger partial charge in [0.05, 0.1) is 19.8 Å². The summed E-state index contributed by atoms with van der Waals surface area (Å²) in [6.07, 6.45) is 0.935. The van der Waals surface area contributed by atoms with Crippen molar-refractivity contribution in [2.75, 3.05) is 47.5 Å². The fraction of sp³-hybridized carbons (Fsp3) is 0.455. The quantitative estimate of drug-likeness (QED) is 0.773. The summed E-state index contributed by atoms with van der Waals surface area (Å²) >= 11 is 0. The Bertz CT molecular complexity index is 744. The predicted molar refractivity (Wildman–Crippen MR) is 108 cm³/mol. The number of methoxy groups -OCH3 is 1. The minimum absolute atomic E-state index is 0.148. The van der Waals surface area contributed by atoms with E-state index in [9.17, 15) is 0 Å². The molecule has 0 aromatic heterocycles. The Kier molecular flexibility index (Phi) is 6.58. The van der Waals surface area contributed by atoms with Gasteiger partial charge in [-0.15, -0.1) is 0 Å². The van der Waals surface area contributed by atoms with Gasteiger partial charge >= 0.3 is 0 Å². The third kappa shape index (κ3) is 4.54. The zero-order valence-corrected chi connectivity index (χ0v) is 16.7. The van der Waals surface area contributed by atoms with Crippen LogP contribution in [0.3, 0.4) is 0 Å². The average molecular weight is 370 g/mol. The van der Waals surface area contributed by atoms with Gasteiger partial charge in [0.25, 0.3) is 0 Å². The Morgan fingerprint density at radius 3 is 2.52 bits per heavy atom. The van der Waals surface area contributed by atoms with Crippen molar-refractivity contribution in [3.63, 3.8) is 0 Å². The molecule has 1 aliphatic rings. The van der Waals surface area contributed by atoms with E-state index in [2.05, 4.69) is 28.4 Å². The first kappa shape index (κ1) is 19.5. The van der Waals surface area contributed by atoms with Crippen LogP contribution in [0.1, 0.15) is 29.7 Å². The van der Waals surface area contributed by atoms with E-state index in [0.717, 1.165) is 36.8 Å². The topological polar surface area (TPSA) is 43.0 Å².